The van der Waals surface area contributed by atoms with Gasteiger partial charge in [0, 0.05) is 39.8 Å². The maximum atomic E-state index is 12.5. The molecule has 1 amide bonds. The van der Waals surface area contributed by atoms with E-state index >= 15 is 0 Å². The fourth-order valence-electron chi connectivity index (χ4n) is 2.63. The fourth-order valence-corrected chi connectivity index (χ4v) is 2.63. The van der Waals surface area contributed by atoms with Gasteiger partial charge in [-0.2, -0.15) is 0 Å². The highest BCUT2D eigenvalue weighted by Gasteiger charge is 2.25. The van der Waals surface area contributed by atoms with E-state index in [0.717, 1.165) is 37.5 Å². The molecule has 5 heteroatoms. The number of rotatable bonds is 5. The minimum atomic E-state index is -0.0599. The SMILES string of the molecule is COc1ccc(CN(C)C(=O)C(C)N2CCNCC2)cc1. The quantitative estimate of drug-likeness (QED) is 0.877. The summed E-state index contributed by atoms with van der Waals surface area (Å²) in [4.78, 5) is 16.5. The molecule has 0 aromatic heterocycles. The van der Waals surface area contributed by atoms with Crippen molar-refractivity contribution in [2.24, 2.45) is 0 Å². The van der Waals surface area contributed by atoms with Gasteiger partial charge in [0.2, 0.25) is 5.91 Å². The van der Waals surface area contributed by atoms with Crippen LogP contribution in [0.5, 0.6) is 5.75 Å². The van der Waals surface area contributed by atoms with Gasteiger partial charge in [0.25, 0.3) is 0 Å². The van der Waals surface area contributed by atoms with E-state index in [2.05, 4.69) is 10.2 Å². The molecule has 0 saturated carbocycles. The highest BCUT2D eigenvalue weighted by atomic mass is 16.5. The number of benzene rings is 1. The van der Waals surface area contributed by atoms with E-state index in [1.54, 1.807) is 12.0 Å². The Kier molecular flexibility index (Phi) is 5.59. The van der Waals surface area contributed by atoms with Crippen LogP contribution in [0.4, 0.5) is 0 Å². The summed E-state index contributed by atoms with van der Waals surface area (Å²) >= 11 is 0. The molecular weight excluding hydrogens is 266 g/mol. The van der Waals surface area contributed by atoms with Gasteiger partial charge in [0.15, 0.2) is 0 Å². The average Bonchev–Trinajstić information content (AvgIpc) is 2.55. The third-order valence-corrected chi connectivity index (χ3v) is 4.01. The van der Waals surface area contributed by atoms with Crippen molar-refractivity contribution < 1.29 is 9.53 Å². The standard InChI is InChI=1S/C16H25N3O2/c1-13(19-10-8-17-9-11-19)16(20)18(2)12-14-4-6-15(21-3)7-5-14/h4-7,13,17H,8-12H2,1-3H3. The lowest BCUT2D eigenvalue weighted by Gasteiger charge is -2.34. The molecule has 5 nitrogen and oxygen atoms in total. The number of carbonyl (C=O) groups excluding carboxylic acids is 1. The number of nitrogens with zero attached hydrogens (tertiary/aromatic N) is 2. The van der Waals surface area contributed by atoms with Crippen molar-refractivity contribution >= 4 is 5.91 Å². The van der Waals surface area contributed by atoms with Crippen LogP contribution >= 0.6 is 0 Å². The van der Waals surface area contributed by atoms with E-state index in [1.165, 1.54) is 0 Å². The molecule has 116 valence electrons. The Labute approximate surface area is 126 Å². The number of likely N-dealkylation sites (N-methyl/N-ethyl adjacent to an activating group) is 1. The minimum Gasteiger partial charge on any atom is -0.497 e. The molecule has 1 aromatic carbocycles. The van der Waals surface area contributed by atoms with Crippen LogP contribution in [0.3, 0.4) is 0 Å². The second kappa shape index (κ2) is 7.43. The van der Waals surface area contributed by atoms with Gasteiger partial charge in [-0.25, -0.2) is 0 Å². The van der Waals surface area contributed by atoms with Gasteiger partial charge in [-0.05, 0) is 24.6 Å². The topological polar surface area (TPSA) is 44.8 Å². The summed E-state index contributed by atoms with van der Waals surface area (Å²) in [7, 11) is 3.52. The van der Waals surface area contributed by atoms with Crippen LogP contribution in [0.1, 0.15) is 12.5 Å². The van der Waals surface area contributed by atoms with Crippen LogP contribution in [0.2, 0.25) is 0 Å². The first-order valence-electron chi connectivity index (χ1n) is 7.44. The Morgan fingerprint density at radius 2 is 1.95 bits per heavy atom. The van der Waals surface area contributed by atoms with Gasteiger partial charge in [-0.3, -0.25) is 9.69 Å². The Balaban J connectivity index is 1.91. The number of hydrogen-bond acceptors (Lipinski definition) is 4. The van der Waals surface area contributed by atoms with Gasteiger partial charge >= 0.3 is 0 Å². The number of piperazine rings is 1. The highest BCUT2D eigenvalue weighted by molar-refractivity contribution is 5.81. The number of hydrogen-bond donors (Lipinski definition) is 1. The molecule has 0 aliphatic carbocycles. The Hall–Kier alpha value is -1.59. The molecule has 0 spiro atoms. The monoisotopic (exact) mass is 291 g/mol. The molecule has 1 N–H and O–H groups in total. The van der Waals surface area contributed by atoms with E-state index < -0.39 is 0 Å². The van der Waals surface area contributed by atoms with Crippen molar-refractivity contribution in [3.8, 4) is 5.75 Å². The summed E-state index contributed by atoms with van der Waals surface area (Å²) in [6.07, 6.45) is 0. The van der Waals surface area contributed by atoms with Crippen LogP contribution in [-0.4, -0.2) is 62.1 Å². The van der Waals surface area contributed by atoms with Crippen molar-refractivity contribution in [1.82, 2.24) is 15.1 Å². The average molecular weight is 291 g/mol. The van der Waals surface area contributed by atoms with E-state index in [9.17, 15) is 4.79 Å². The third-order valence-electron chi connectivity index (χ3n) is 4.01. The molecule has 1 saturated heterocycles. The van der Waals surface area contributed by atoms with E-state index in [1.807, 2.05) is 38.2 Å². The maximum absolute atomic E-state index is 12.5. The lowest BCUT2D eigenvalue weighted by molar-refractivity contribution is -0.135. The van der Waals surface area contributed by atoms with Gasteiger partial charge in [-0.1, -0.05) is 12.1 Å². The van der Waals surface area contributed by atoms with Gasteiger partial charge in [0.05, 0.1) is 13.2 Å². The van der Waals surface area contributed by atoms with Crippen molar-refractivity contribution in [1.29, 1.82) is 0 Å². The van der Waals surface area contributed by atoms with Crippen molar-refractivity contribution in [2.75, 3.05) is 40.3 Å². The molecular formula is C16H25N3O2. The van der Waals surface area contributed by atoms with Gasteiger partial charge < -0.3 is 15.0 Å². The highest BCUT2D eigenvalue weighted by Crippen LogP contribution is 2.13. The largest absolute Gasteiger partial charge is 0.497 e. The molecule has 1 unspecified atom stereocenters. The minimum absolute atomic E-state index is 0.0599. The first kappa shape index (κ1) is 15.8. The summed E-state index contributed by atoms with van der Waals surface area (Å²) in [6.45, 7) is 6.41. The lowest BCUT2D eigenvalue weighted by atomic mass is 10.1. The van der Waals surface area contributed by atoms with Crippen LogP contribution < -0.4 is 10.1 Å². The smallest absolute Gasteiger partial charge is 0.239 e. The summed E-state index contributed by atoms with van der Waals surface area (Å²) in [5.41, 5.74) is 1.11. The first-order chi connectivity index (χ1) is 10.1. The zero-order valence-electron chi connectivity index (χ0n) is 13.1. The van der Waals surface area contributed by atoms with Crippen LogP contribution in [0.15, 0.2) is 24.3 Å². The molecule has 1 aromatic rings. The van der Waals surface area contributed by atoms with Crippen LogP contribution in [0.25, 0.3) is 0 Å². The number of carbonyl (C=O) groups is 1. The Bertz CT molecular complexity index is 455. The zero-order chi connectivity index (χ0) is 15.2. The number of nitrogens with one attached hydrogen (secondary N) is 1. The molecule has 2 rings (SSSR count). The molecule has 1 aliphatic heterocycles. The van der Waals surface area contributed by atoms with Crippen LogP contribution in [0, 0.1) is 0 Å². The molecule has 0 bridgehead atoms. The number of methoxy groups -OCH3 is 1. The summed E-state index contributed by atoms with van der Waals surface area (Å²) in [5.74, 6) is 1.01. The van der Waals surface area contributed by atoms with E-state index in [0.29, 0.717) is 6.54 Å². The van der Waals surface area contributed by atoms with Crippen molar-refractivity contribution in [3.05, 3.63) is 29.8 Å². The molecule has 1 heterocycles. The zero-order valence-corrected chi connectivity index (χ0v) is 13.1. The van der Waals surface area contributed by atoms with Crippen LogP contribution in [-0.2, 0) is 11.3 Å². The van der Waals surface area contributed by atoms with E-state index in [-0.39, 0.29) is 11.9 Å². The summed E-state index contributed by atoms with van der Waals surface area (Å²) in [6, 6.07) is 7.78. The fraction of sp³-hybridized carbons (Fsp3) is 0.562. The summed E-state index contributed by atoms with van der Waals surface area (Å²) < 4.78 is 5.15. The van der Waals surface area contributed by atoms with Crippen molar-refractivity contribution in [2.45, 2.75) is 19.5 Å². The second-order valence-electron chi connectivity index (χ2n) is 5.50. The first-order valence-corrected chi connectivity index (χ1v) is 7.44. The third kappa shape index (κ3) is 4.19. The normalized spacial score (nSPS) is 17.3. The summed E-state index contributed by atoms with van der Waals surface area (Å²) in [5, 5.41) is 3.31. The van der Waals surface area contributed by atoms with E-state index in [4.69, 9.17) is 4.74 Å². The molecule has 1 fully saturated rings. The van der Waals surface area contributed by atoms with Crippen molar-refractivity contribution in [3.63, 3.8) is 0 Å². The second-order valence-corrected chi connectivity index (χ2v) is 5.50. The lowest BCUT2D eigenvalue weighted by Crippen LogP contribution is -2.52. The Morgan fingerprint density at radius 3 is 2.52 bits per heavy atom. The predicted octanol–water partition coefficient (Wildman–Crippen LogP) is 0.947. The van der Waals surface area contributed by atoms with Gasteiger partial charge in [-0.15, -0.1) is 0 Å². The molecule has 1 atom stereocenters. The Morgan fingerprint density at radius 1 is 1.33 bits per heavy atom. The molecule has 1 aliphatic rings. The number of amides is 1. The molecule has 0 radical (unpaired) electrons. The predicted molar refractivity (Wildman–Crippen MR) is 83.4 cm³/mol. The maximum Gasteiger partial charge on any atom is 0.239 e. The number of ether oxygens (including phenoxy) is 1. The van der Waals surface area contributed by atoms with Gasteiger partial charge in [0.1, 0.15) is 5.75 Å². The molecule has 21 heavy (non-hydrogen) atoms.